The van der Waals surface area contributed by atoms with Crippen molar-refractivity contribution in [3.05, 3.63) is 35.7 Å². The Labute approximate surface area is 106 Å². The van der Waals surface area contributed by atoms with E-state index in [1.807, 2.05) is 6.20 Å². The van der Waals surface area contributed by atoms with Crippen molar-refractivity contribution in [1.29, 1.82) is 0 Å². The van der Waals surface area contributed by atoms with Gasteiger partial charge in [0, 0.05) is 24.9 Å². The Kier molecular flexibility index (Phi) is 3.15. The minimum Gasteiger partial charge on any atom is -0.345 e. The lowest BCUT2D eigenvalue weighted by Crippen LogP contribution is -2.11. The van der Waals surface area contributed by atoms with Gasteiger partial charge in [-0.1, -0.05) is 12.1 Å². The third kappa shape index (κ3) is 2.61. The summed E-state index contributed by atoms with van der Waals surface area (Å²) in [7, 11) is 0. The molecule has 2 aromatic heterocycles. The molecule has 0 spiro atoms. The van der Waals surface area contributed by atoms with Gasteiger partial charge in [0.1, 0.15) is 6.54 Å². The first-order chi connectivity index (χ1) is 8.85. The second-order valence-electron chi connectivity index (χ2n) is 4.79. The van der Waals surface area contributed by atoms with Crippen LogP contribution in [-0.2, 0) is 13.1 Å². The highest BCUT2D eigenvalue weighted by atomic mass is 16.5. The molecule has 18 heavy (non-hydrogen) atoms. The van der Waals surface area contributed by atoms with E-state index in [0.717, 1.165) is 18.9 Å². The van der Waals surface area contributed by atoms with E-state index in [-0.39, 0.29) is 0 Å². The molecule has 2 aromatic rings. The Morgan fingerprint density at radius 3 is 3.17 bits per heavy atom. The van der Waals surface area contributed by atoms with Gasteiger partial charge in [0.2, 0.25) is 5.89 Å². The summed E-state index contributed by atoms with van der Waals surface area (Å²) in [6.45, 7) is 4.65. The van der Waals surface area contributed by atoms with Crippen molar-refractivity contribution in [2.45, 2.75) is 38.8 Å². The second-order valence-corrected chi connectivity index (χ2v) is 4.79. The lowest BCUT2D eigenvalue weighted by molar-refractivity contribution is 0.366. The number of rotatable bonds is 6. The highest BCUT2D eigenvalue weighted by molar-refractivity contribution is 5.11. The molecular formula is C13H18N4O. The first-order valence-corrected chi connectivity index (χ1v) is 6.53. The van der Waals surface area contributed by atoms with Crippen molar-refractivity contribution in [1.82, 2.24) is 20.0 Å². The van der Waals surface area contributed by atoms with Gasteiger partial charge >= 0.3 is 0 Å². The van der Waals surface area contributed by atoms with E-state index in [4.69, 9.17) is 4.52 Å². The summed E-state index contributed by atoms with van der Waals surface area (Å²) < 4.78 is 7.34. The minimum atomic E-state index is 0.552. The molecule has 1 N–H and O–H groups in total. The van der Waals surface area contributed by atoms with Crippen LogP contribution in [0, 0.1) is 0 Å². The van der Waals surface area contributed by atoms with Gasteiger partial charge in [-0.3, -0.25) is 0 Å². The standard InChI is InChI=1S/C13H18N4O/c1-2-14-7-10-5-6-17(8-10)9-12-15-13(16-18-12)11-3-4-11/h5-6,8,11,14H,2-4,7,9H2,1H3. The lowest BCUT2D eigenvalue weighted by atomic mass is 10.3. The van der Waals surface area contributed by atoms with Gasteiger partial charge in [-0.05, 0) is 31.0 Å². The molecule has 0 saturated heterocycles. The van der Waals surface area contributed by atoms with E-state index in [9.17, 15) is 0 Å². The third-order valence-corrected chi connectivity index (χ3v) is 3.13. The van der Waals surface area contributed by atoms with E-state index in [1.54, 1.807) is 0 Å². The van der Waals surface area contributed by atoms with Gasteiger partial charge in [-0.15, -0.1) is 0 Å². The molecule has 96 valence electrons. The molecule has 0 unspecified atom stereocenters. The van der Waals surface area contributed by atoms with Gasteiger partial charge in [0.25, 0.3) is 0 Å². The zero-order chi connectivity index (χ0) is 12.4. The van der Waals surface area contributed by atoms with Crippen molar-refractivity contribution in [2.24, 2.45) is 0 Å². The van der Waals surface area contributed by atoms with Gasteiger partial charge < -0.3 is 14.4 Å². The van der Waals surface area contributed by atoms with Crippen LogP contribution in [-0.4, -0.2) is 21.3 Å². The largest absolute Gasteiger partial charge is 0.345 e. The van der Waals surface area contributed by atoms with E-state index in [0.29, 0.717) is 18.4 Å². The van der Waals surface area contributed by atoms with Crippen molar-refractivity contribution in [3.63, 3.8) is 0 Å². The Hall–Kier alpha value is -1.62. The van der Waals surface area contributed by atoms with Crippen LogP contribution in [0.25, 0.3) is 0 Å². The average Bonchev–Trinajstić information content (AvgIpc) is 2.96. The topological polar surface area (TPSA) is 55.9 Å². The second kappa shape index (κ2) is 4.94. The van der Waals surface area contributed by atoms with Crippen molar-refractivity contribution >= 4 is 0 Å². The summed E-state index contributed by atoms with van der Waals surface area (Å²) >= 11 is 0. The van der Waals surface area contributed by atoms with Crippen molar-refractivity contribution < 1.29 is 4.52 Å². The van der Waals surface area contributed by atoms with Crippen LogP contribution in [0.2, 0.25) is 0 Å². The normalized spacial score (nSPS) is 15.2. The van der Waals surface area contributed by atoms with Crippen LogP contribution < -0.4 is 5.32 Å². The van der Waals surface area contributed by atoms with Crippen LogP contribution in [0.3, 0.4) is 0 Å². The number of hydrogen-bond acceptors (Lipinski definition) is 4. The van der Waals surface area contributed by atoms with E-state index < -0.39 is 0 Å². The summed E-state index contributed by atoms with van der Waals surface area (Å²) in [6.07, 6.45) is 6.57. The maximum atomic E-state index is 5.26. The molecule has 0 aliphatic heterocycles. The lowest BCUT2D eigenvalue weighted by Gasteiger charge is -1.98. The van der Waals surface area contributed by atoms with Crippen LogP contribution >= 0.6 is 0 Å². The molecule has 0 atom stereocenters. The Bertz CT molecular complexity index is 513. The third-order valence-electron chi connectivity index (χ3n) is 3.13. The molecule has 5 nitrogen and oxygen atoms in total. The Balaban J connectivity index is 1.62. The predicted molar refractivity (Wildman–Crippen MR) is 67.2 cm³/mol. The molecule has 0 aromatic carbocycles. The zero-order valence-corrected chi connectivity index (χ0v) is 10.6. The fraction of sp³-hybridized carbons (Fsp3) is 0.538. The monoisotopic (exact) mass is 246 g/mol. The molecule has 0 amide bonds. The number of nitrogens with one attached hydrogen (secondary N) is 1. The fourth-order valence-electron chi connectivity index (χ4n) is 1.96. The molecule has 2 heterocycles. The maximum Gasteiger partial charge on any atom is 0.246 e. The summed E-state index contributed by atoms with van der Waals surface area (Å²) in [5.74, 6) is 2.13. The predicted octanol–water partition coefficient (Wildman–Crippen LogP) is 1.91. The first-order valence-electron chi connectivity index (χ1n) is 6.53. The van der Waals surface area contributed by atoms with Crippen molar-refractivity contribution in [2.75, 3.05) is 6.54 Å². The van der Waals surface area contributed by atoms with Gasteiger partial charge in [-0.25, -0.2) is 0 Å². The molecule has 1 saturated carbocycles. The number of hydrogen-bond donors (Lipinski definition) is 1. The Morgan fingerprint density at radius 1 is 1.50 bits per heavy atom. The minimum absolute atomic E-state index is 0.552. The smallest absolute Gasteiger partial charge is 0.246 e. The summed E-state index contributed by atoms with van der Waals surface area (Å²) in [5.41, 5.74) is 1.28. The number of nitrogens with zero attached hydrogens (tertiary/aromatic N) is 3. The quantitative estimate of drug-likeness (QED) is 0.846. The van der Waals surface area contributed by atoms with E-state index in [2.05, 4.69) is 39.2 Å². The average molecular weight is 246 g/mol. The van der Waals surface area contributed by atoms with E-state index >= 15 is 0 Å². The molecule has 5 heteroatoms. The van der Waals surface area contributed by atoms with Crippen LogP contribution in [0.5, 0.6) is 0 Å². The molecule has 3 rings (SSSR count). The highest BCUT2D eigenvalue weighted by Gasteiger charge is 2.28. The van der Waals surface area contributed by atoms with Crippen LogP contribution in [0.4, 0.5) is 0 Å². The fourth-order valence-corrected chi connectivity index (χ4v) is 1.96. The van der Waals surface area contributed by atoms with E-state index in [1.165, 1.54) is 18.4 Å². The first kappa shape index (κ1) is 11.5. The van der Waals surface area contributed by atoms with Gasteiger partial charge in [0.05, 0.1) is 0 Å². The van der Waals surface area contributed by atoms with Crippen LogP contribution in [0.15, 0.2) is 23.0 Å². The molecule has 0 bridgehead atoms. The van der Waals surface area contributed by atoms with Gasteiger partial charge in [0.15, 0.2) is 5.82 Å². The summed E-state index contributed by atoms with van der Waals surface area (Å²) in [5, 5.41) is 7.32. The van der Waals surface area contributed by atoms with Gasteiger partial charge in [-0.2, -0.15) is 4.98 Å². The highest BCUT2D eigenvalue weighted by Crippen LogP contribution is 2.38. The van der Waals surface area contributed by atoms with Crippen LogP contribution in [0.1, 0.15) is 43.0 Å². The molecule has 1 aliphatic carbocycles. The maximum absolute atomic E-state index is 5.26. The summed E-state index contributed by atoms with van der Waals surface area (Å²) in [4.78, 5) is 4.42. The Morgan fingerprint density at radius 2 is 2.39 bits per heavy atom. The molecule has 1 aliphatic rings. The molecule has 1 fully saturated rings. The zero-order valence-electron chi connectivity index (χ0n) is 10.6. The van der Waals surface area contributed by atoms with Crippen molar-refractivity contribution in [3.8, 4) is 0 Å². The SMILES string of the molecule is CCNCc1ccn(Cc2nc(C3CC3)no2)c1. The molecule has 0 radical (unpaired) electrons. The number of aromatic nitrogens is 3. The molecular weight excluding hydrogens is 228 g/mol. The summed E-state index contributed by atoms with van der Waals surface area (Å²) in [6, 6.07) is 2.11.